The fourth-order valence-corrected chi connectivity index (χ4v) is 3.24. The molecule has 0 aromatic carbocycles. The predicted octanol–water partition coefficient (Wildman–Crippen LogP) is 1.69. The second-order valence-electron chi connectivity index (χ2n) is 5.27. The zero-order valence-electron chi connectivity index (χ0n) is 11.0. The lowest BCUT2D eigenvalue weighted by molar-refractivity contribution is 0.200. The molecule has 0 radical (unpaired) electrons. The van der Waals surface area contributed by atoms with E-state index in [1.807, 2.05) is 0 Å². The molecule has 0 aliphatic carbocycles. The monoisotopic (exact) mass is 255 g/mol. The standard InChI is InChI=1S/C13H25N3S/c1-2-14-13(17)16-9-5-12(6-10-16)11-15-7-3-4-8-15/h12H,2-11H2,1H3,(H,14,17). The Morgan fingerprint density at radius 1 is 1.18 bits per heavy atom. The van der Waals surface area contributed by atoms with Crippen molar-refractivity contribution in [1.82, 2.24) is 15.1 Å². The van der Waals surface area contributed by atoms with Gasteiger partial charge in [0.1, 0.15) is 0 Å². The third-order valence-corrected chi connectivity index (χ3v) is 4.35. The molecule has 0 aromatic heterocycles. The first-order valence-corrected chi connectivity index (χ1v) is 7.45. The molecule has 4 heteroatoms. The van der Waals surface area contributed by atoms with Crippen LogP contribution in [0.25, 0.3) is 0 Å². The first-order chi connectivity index (χ1) is 8.29. The fourth-order valence-electron chi connectivity index (χ4n) is 2.91. The van der Waals surface area contributed by atoms with E-state index in [1.54, 1.807) is 0 Å². The lowest BCUT2D eigenvalue weighted by Gasteiger charge is -2.35. The summed E-state index contributed by atoms with van der Waals surface area (Å²) < 4.78 is 0. The normalized spacial score (nSPS) is 23.0. The predicted molar refractivity (Wildman–Crippen MR) is 76.2 cm³/mol. The maximum absolute atomic E-state index is 5.36. The number of nitrogens with zero attached hydrogens (tertiary/aromatic N) is 2. The average Bonchev–Trinajstić information content (AvgIpc) is 2.83. The van der Waals surface area contributed by atoms with E-state index in [0.717, 1.165) is 30.7 Å². The summed E-state index contributed by atoms with van der Waals surface area (Å²) in [5, 5.41) is 4.20. The van der Waals surface area contributed by atoms with Crippen molar-refractivity contribution in [3.8, 4) is 0 Å². The first-order valence-electron chi connectivity index (χ1n) is 7.04. The molecule has 0 saturated carbocycles. The maximum atomic E-state index is 5.36. The largest absolute Gasteiger partial charge is 0.363 e. The van der Waals surface area contributed by atoms with Crippen LogP contribution in [0.1, 0.15) is 32.6 Å². The molecule has 0 bridgehead atoms. The quantitative estimate of drug-likeness (QED) is 0.773. The van der Waals surface area contributed by atoms with Gasteiger partial charge in [0.25, 0.3) is 0 Å². The van der Waals surface area contributed by atoms with Gasteiger partial charge in [-0.05, 0) is 63.8 Å². The van der Waals surface area contributed by atoms with E-state index in [4.69, 9.17) is 12.2 Å². The van der Waals surface area contributed by atoms with Crippen LogP contribution in [0, 0.1) is 5.92 Å². The van der Waals surface area contributed by atoms with Crippen LogP contribution in [-0.4, -0.2) is 54.2 Å². The molecule has 2 rings (SSSR count). The fraction of sp³-hybridized carbons (Fsp3) is 0.923. The van der Waals surface area contributed by atoms with E-state index < -0.39 is 0 Å². The smallest absolute Gasteiger partial charge is 0.168 e. The van der Waals surface area contributed by atoms with Gasteiger partial charge >= 0.3 is 0 Å². The molecule has 2 saturated heterocycles. The lowest BCUT2D eigenvalue weighted by atomic mass is 9.96. The van der Waals surface area contributed by atoms with Crippen molar-refractivity contribution in [2.45, 2.75) is 32.6 Å². The van der Waals surface area contributed by atoms with Crippen LogP contribution in [0.5, 0.6) is 0 Å². The summed E-state index contributed by atoms with van der Waals surface area (Å²) in [5.41, 5.74) is 0. The molecule has 2 heterocycles. The minimum Gasteiger partial charge on any atom is -0.363 e. The van der Waals surface area contributed by atoms with E-state index in [9.17, 15) is 0 Å². The molecule has 0 atom stereocenters. The third-order valence-electron chi connectivity index (χ3n) is 3.94. The molecule has 3 nitrogen and oxygen atoms in total. The Bertz CT molecular complexity index is 243. The summed E-state index contributed by atoms with van der Waals surface area (Å²) in [6.45, 7) is 9.31. The minimum atomic E-state index is 0.897. The van der Waals surface area contributed by atoms with Gasteiger partial charge in [0, 0.05) is 26.2 Å². The van der Waals surface area contributed by atoms with Crippen LogP contribution in [0.4, 0.5) is 0 Å². The summed E-state index contributed by atoms with van der Waals surface area (Å²) in [4.78, 5) is 4.97. The van der Waals surface area contributed by atoms with Crippen LogP contribution in [0.2, 0.25) is 0 Å². The van der Waals surface area contributed by atoms with Crippen molar-refractivity contribution in [2.75, 3.05) is 39.3 Å². The minimum absolute atomic E-state index is 0.897. The Balaban J connectivity index is 1.68. The van der Waals surface area contributed by atoms with E-state index in [1.165, 1.54) is 45.3 Å². The van der Waals surface area contributed by atoms with Gasteiger partial charge in [-0.2, -0.15) is 0 Å². The van der Waals surface area contributed by atoms with Gasteiger partial charge in [-0.25, -0.2) is 0 Å². The SMILES string of the molecule is CCNC(=S)N1CCC(CN2CCCC2)CC1. The molecule has 2 aliphatic rings. The Morgan fingerprint density at radius 3 is 2.41 bits per heavy atom. The second-order valence-corrected chi connectivity index (χ2v) is 5.66. The molecule has 17 heavy (non-hydrogen) atoms. The number of rotatable bonds is 3. The molecule has 2 aliphatic heterocycles. The van der Waals surface area contributed by atoms with E-state index in [0.29, 0.717) is 0 Å². The lowest BCUT2D eigenvalue weighted by Crippen LogP contribution is -2.45. The molecule has 0 aromatic rings. The van der Waals surface area contributed by atoms with E-state index >= 15 is 0 Å². The van der Waals surface area contributed by atoms with Crippen LogP contribution in [-0.2, 0) is 0 Å². The van der Waals surface area contributed by atoms with Gasteiger partial charge in [-0.15, -0.1) is 0 Å². The number of nitrogens with one attached hydrogen (secondary N) is 1. The molecule has 0 amide bonds. The third kappa shape index (κ3) is 3.81. The number of hydrogen-bond acceptors (Lipinski definition) is 2. The van der Waals surface area contributed by atoms with Crippen molar-refractivity contribution in [2.24, 2.45) is 5.92 Å². The topological polar surface area (TPSA) is 18.5 Å². The highest BCUT2D eigenvalue weighted by Gasteiger charge is 2.23. The van der Waals surface area contributed by atoms with Crippen LogP contribution in [0.3, 0.4) is 0 Å². The van der Waals surface area contributed by atoms with Crippen LogP contribution in [0.15, 0.2) is 0 Å². The summed E-state index contributed by atoms with van der Waals surface area (Å²) in [7, 11) is 0. The second kappa shape index (κ2) is 6.55. The number of thiocarbonyl (C=S) groups is 1. The zero-order valence-corrected chi connectivity index (χ0v) is 11.8. The number of likely N-dealkylation sites (tertiary alicyclic amines) is 2. The summed E-state index contributed by atoms with van der Waals surface area (Å²) in [5.74, 6) is 0.897. The Kier molecular flexibility index (Phi) is 5.04. The van der Waals surface area contributed by atoms with Gasteiger partial charge in [0.05, 0.1) is 0 Å². The Morgan fingerprint density at radius 2 is 1.82 bits per heavy atom. The molecule has 1 N–H and O–H groups in total. The van der Waals surface area contributed by atoms with Crippen molar-refractivity contribution >= 4 is 17.3 Å². The summed E-state index contributed by atoms with van der Waals surface area (Å²) >= 11 is 5.36. The van der Waals surface area contributed by atoms with E-state index in [2.05, 4.69) is 22.0 Å². The molecule has 98 valence electrons. The Hall–Kier alpha value is -0.350. The van der Waals surface area contributed by atoms with Crippen LogP contribution >= 0.6 is 12.2 Å². The molecular weight excluding hydrogens is 230 g/mol. The van der Waals surface area contributed by atoms with Gasteiger partial charge in [0.2, 0.25) is 0 Å². The molecule has 2 fully saturated rings. The van der Waals surface area contributed by atoms with Gasteiger partial charge < -0.3 is 15.1 Å². The first kappa shape index (κ1) is 13.1. The van der Waals surface area contributed by atoms with Crippen molar-refractivity contribution in [1.29, 1.82) is 0 Å². The number of piperidine rings is 1. The van der Waals surface area contributed by atoms with E-state index in [-0.39, 0.29) is 0 Å². The highest BCUT2D eigenvalue weighted by molar-refractivity contribution is 7.80. The average molecular weight is 255 g/mol. The molecule has 0 spiro atoms. The number of hydrogen-bond donors (Lipinski definition) is 1. The molecule has 0 unspecified atom stereocenters. The highest BCUT2D eigenvalue weighted by atomic mass is 32.1. The Labute approximate surface area is 111 Å². The van der Waals surface area contributed by atoms with Gasteiger partial charge in [-0.3, -0.25) is 0 Å². The summed E-state index contributed by atoms with van der Waals surface area (Å²) in [6.07, 6.45) is 5.43. The highest BCUT2D eigenvalue weighted by Crippen LogP contribution is 2.20. The maximum Gasteiger partial charge on any atom is 0.168 e. The van der Waals surface area contributed by atoms with Crippen molar-refractivity contribution in [3.63, 3.8) is 0 Å². The van der Waals surface area contributed by atoms with Gasteiger partial charge in [-0.1, -0.05) is 0 Å². The van der Waals surface area contributed by atoms with Crippen molar-refractivity contribution < 1.29 is 0 Å². The molecular formula is C13H25N3S. The zero-order chi connectivity index (χ0) is 12.1. The van der Waals surface area contributed by atoms with Crippen molar-refractivity contribution in [3.05, 3.63) is 0 Å². The van der Waals surface area contributed by atoms with Crippen LogP contribution < -0.4 is 5.32 Å². The van der Waals surface area contributed by atoms with Gasteiger partial charge in [0.15, 0.2) is 5.11 Å². The summed E-state index contributed by atoms with van der Waals surface area (Å²) in [6, 6.07) is 0.